The van der Waals surface area contributed by atoms with Gasteiger partial charge in [-0.2, -0.15) is 0 Å². The molecule has 3 aromatic carbocycles. The van der Waals surface area contributed by atoms with E-state index in [0.717, 1.165) is 32.1 Å². The maximum absolute atomic E-state index is 14.1. The van der Waals surface area contributed by atoms with Crippen molar-refractivity contribution in [2.45, 2.75) is 142 Å². The van der Waals surface area contributed by atoms with Crippen molar-refractivity contribution in [3.05, 3.63) is 103 Å². The lowest BCUT2D eigenvalue weighted by molar-refractivity contribution is -0.155. The van der Waals surface area contributed by atoms with Crippen LogP contribution in [0, 0.1) is 5.92 Å². The molecule has 0 radical (unpaired) electrons. The van der Waals surface area contributed by atoms with Crippen molar-refractivity contribution in [1.29, 1.82) is 0 Å². The summed E-state index contributed by atoms with van der Waals surface area (Å²) in [5, 5.41) is 14.3. The van der Waals surface area contributed by atoms with Crippen molar-refractivity contribution < 1.29 is 19.4 Å². The molecule has 2 atom stereocenters. The van der Waals surface area contributed by atoms with Crippen molar-refractivity contribution in [3.8, 4) is 0 Å². The minimum absolute atomic E-state index is 0.230. The van der Waals surface area contributed by atoms with Gasteiger partial charge in [-0.25, -0.2) is 0 Å². The number of carbonyl (C=O) groups is 2. The summed E-state index contributed by atoms with van der Waals surface area (Å²) in [6, 6.07) is 31.3. The molecule has 4 rings (SSSR count). The lowest BCUT2D eigenvalue weighted by Crippen LogP contribution is -2.58. The Morgan fingerprint density at radius 2 is 1.19 bits per heavy atom. The summed E-state index contributed by atoms with van der Waals surface area (Å²) in [4.78, 5) is 29.0. The molecule has 1 N–H and O–H groups in total. The number of unbranched alkanes of at least 4 members (excludes halogenated alkanes) is 10. The third-order valence-electron chi connectivity index (χ3n) is 11.5. The number of esters is 1. The molecule has 0 aliphatic carbocycles. The summed E-state index contributed by atoms with van der Waals surface area (Å²) in [7, 11) is -2.14. The van der Waals surface area contributed by atoms with Crippen molar-refractivity contribution >= 4 is 35.1 Å². The molecular formula is C47H67NO4P+. The Balaban J connectivity index is 1.36. The number of nitrogens with zero attached hydrogens (tertiary/aromatic N) is 1. The molecule has 1 aliphatic rings. The highest BCUT2D eigenvalue weighted by atomic mass is 31.2. The zero-order valence-corrected chi connectivity index (χ0v) is 34.2. The molecule has 0 bridgehead atoms. The number of likely N-dealkylation sites (tertiary alicyclic amines) is 1. The van der Waals surface area contributed by atoms with E-state index in [4.69, 9.17) is 4.74 Å². The van der Waals surface area contributed by atoms with Gasteiger partial charge in [0, 0.05) is 11.1 Å². The molecule has 0 aromatic heterocycles. The van der Waals surface area contributed by atoms with Gasteiger partial charge in [-0.15, -0.1) is 0 Å². The Hall–Kier alpha value is -3.27. The quantitative estimate of drug-likeness (QED) is 0.0454. The van der Waals surface area contributed by atoms with E-state index in [1.165, 1.54) is 60.9 Å². The van der Waals surface area contributed by atoms with Crippen molar-refractivity contribution in [1.82, 2.24) is 4.90 Å². The molecule has 53 heavy (non-hydrogen) atoms. The van der Waals surface area contributed by atoms with E-state index in [1.54, 1.807) is 0 Å². The third-order valence-corrected chi connectivity index (χ3v) is 15.9. The molecule has 0 spiro atoms. The van der Waals surface area contributed by atoms with Gasteiger partial charge in [-0.3, -0.25) is 14.5 Å². The van der Waals surface area contributed by atoms with Crippen LogP contribution in [0.5, 0.6) is 0 Å². The monoisotopic (exact) mass is 740 g/mol. The van der Waals surface area contributed by atoms with Gasteiger partial charge in [-0.1, -0.05) is 125 Å². The number of benzene rings is 3. The molecule has 1 aliphatic heterocycles. The smallest absolute Gasteiger partial charge is 0.320 e. The van der Waals surface area contributed by atoms with E-state index in [1.807, 2.05) is 32.0 Å². The lowest BCUT2D eigenvalue weighted by atomic mass is 9.86. The van der Waals surface area contributed by atoms with Crippen LogP contribution in [0.4, 0.5) is 0 Å². The standard InChI is InChI=1S/C47H66NO4P/c1-6-7-8-9-10-11-12-13-14-15-16-17-18-28-35-43(44(49)50)48-46(2,3)38-42(47(48,4)5)45(51)52-36-37-53(39-29-22-19-23-30-39,40-31-24-20-25-32-40)41-33-26-21-27-34-41/h13-14,19-27,29-34,42-43H,6-12,15-18,28,35-38H2,1-5H3/p+1/b14-13-. The van der Waals surface area contributed by atoms with E-state index in [2.05, 4.69) is 111 Å². The zero-order valence-electron chi connectivity index (χ0n) is 33.3. The summed E-state index contributed by atoms with van der Waals surface area (Å²) < 4.78 is 6.26. The Labute approximate surface area is 322 Å². The lowest BCUT2D eigenvalue weighted by Gasteiger charge is -2.45. The van der Waals surface area contributed by atoms with Crippen molar-refractivity contribution in [3.63, 3.8) is 0 Å². The highest BCUT2D eigenvalue weighted by Crippen LogP contribution is 2.55. The number of allylic oxidation sites excluding steroid dienone is 2. The van der Waals surface area contributed by atoms with Gasteiger partial charge in [-0.05, 0) is 103 Å². The van der Waals surface area contributed by atoms with Gasteiger partial charge >= 0.3 is 11.9 Å². The fraction of sp³-hybridized carbons (Fsp3) is 0.532. The number of rotatable bonds is 23. The van der Waals surface area contributed by atoms with E-state index in [9.17, 15) is 14.7 Å². The average Bonchev–Trinajstić information content (AvgIpc) is 3.35. The van der Waals surface area contributed by atoms with Gasteiger partial charge in [0.05, 0.1) is 5.92 Å². The second-order valence-corrected chi connectivity index (χ2v) is 19.8. The fourth-order valence-corrected chi connectivity index (χ4v) is 12.9. The highest BCUT2D eigenvalue weighted by Gasteiger charge is 2.58. The largest absolute Gasteiger partial charge is 0.480 e. The van der Waals surface area contributed by atoms with Gasteiger partial charge in [0.15, 0.2) is 0 Å². The first-order valence-electron chi connectivity index (χ1n) is 20.4. The SMILES string of the molecule is CCCCCCCC/C=C\CCCCCCC(C(=O)O)N1C(C)(C)CC(C(=O)OCC[P+](c2ccccc2)(c2ccccc2)c2ccccc2)C1(C)C. The van der Waals surface area contributed by atoms with E-state index in [-0.39, 0.29) is 12.6 Å². The molecule has 1 heterocycles. The predicted octanol–water partition coefficient (Wildman–Crippen LogP) is 10.5. The Kier molecular flexibility index (Phi) is 16.8. The minimum Gasteiger partial charge on any atom is -0.480 e. The summed E-state index contributed by atoms with van der Waals surface area (Å²) in [6.45, 7) is 10.8. The molecule has 1 fully saturated rings. The number of hydrogen-bond acceptors (Lipinski definition) is 4. The minimum atomic E-state index is -2.14. The zero-order chi connectivity index (χ0) is 38.2. The maximum Gasteiger partial charge on any atom is 0.320 e. The van der Waals surface area contributed by atoms with Crippen LogP contribution in [0.15, 0.2) is 103 Å². The normalized spacial score (nSPS) is 17.6. The number of hydrogen-bond donors (Lipinski definition) is 1. The van der Waals surface area contributed by atoms with E-state index < -0.39 is 36.3 Å². The highest BCUT2D eigenvalue weighted by molar-refractivity contribution is 7.95. The number of carboxylic acids is 1. The first-order valence-corrected chi connectivity index (χ1v) is 22.4. The molecule has 1 saturated heterocycles. The van der Waals surface area contributed by atoms with Gasteiger partial charge < -0.3 is 9.84 Å². The number of ether oxygens (including phenoxy) is 1. The van der Waals surface area contributed by atoms with Gasteiger partial charge in [0.2, 0.25) is 0 Å². The molecular weight excluding hydrogens is 673 g/mol. The van der Waals surface area contributed by atoms with Gasteiger partial charge in [0.1, 0.15) is 42.0 Å². The van der Waals surface area contributed by atoms with E-state index in [0.29, 0.717) is 19.0 Å². The summed E-state index contributed by atoms with van der Waals surface area (Å²) >= 11 is 0. The second-order valence-electron chi connectivity index (χ2n) is 16.2. The fourth-order valence-electron chi connectivity index (χ4n) is 8.85. The molecule has 6 heteroatoms. The van der Waals surface area contributed by atoms with Crippen LogP contribution in [0.3, 0.4) is 0 Å². The third kappa shape index (κ3) is 11.4. The first kappa shape index (κ1) is 42.5. The van der Waals surface area contributed by atoms with Crippen LogP contribution in [0.1, 0.15) is 125 Å². The number of carboxylic acid groups (broad SMARTS) is 1. The average molecular weight is 741 g/mol. The summed E-state index contributed by atoms with van der Waals surface area (Å²) in [5.74, 6) is -1.46. The van der Waals surface area contributed by atoms with Crippen LogP contribution < -0.4 is 15.9 Å². The van der Waals surface area contributed by atoms with Crippen molar-refractivity contribution in [2.24, 2.45) is 5.92 Å². The number of carbonyl (C=O) groups excluding carboxylic acids is 1. The molecule has 5 nitrogen and oxygen atoms in total. The number of aliphatic carboxylic acids is 1. The van der Waals surface area contributed by atoms with Gasteiger partial charge in [0.25, 0.3) is 0 Å². The van der Waals surface area contributed by atoms with Crippen LogP contribution in [-0.4, -0.2) is 51.8 Å². The summed E-state index contributed by atoms with van der Waals surface area (Å²) in [5.41, 5.74) is -1.14. The topological polar surface area (TPSA) is 66.8 Å². The molecule has 0 amide bonds. The molecule has 2 unspecified atom stereocenters. The maximum atomic E-state index is 14.1. The second kappa shape index (κ2) is 21.0. The summed E-state index contributed by atoms with van der Waals surface area (Å²) in [6.07, 6.45) is 20.9. The van der Waals surface area contributed by atoms with Crippen LogP contribution in [0.25, 0.3) is 0 Å². The van der Waals surface area contributed by atoms with Crippen LogP contribution >= 0.6 is 7.26 Å². The van der Waals surface area contributed by atoms with E-state index >= 15 is 0 Å². The molecule has 3 aromatic rings. The Morgan fingerprint density at radius 1 is 0.736 bits per heavy atom. The predicted molar refractivity (Wildman–Crippen MR) is 225 cm³/mol. The Morgan fingerprint density at radius 3 is 1.66 bits per heavy atom. The molecule has 288 valence electrons. The van der Waals surface area contributed by atoms with Crippen LogP contribution in [0.2, 0.25) is 0 Å². The van der Waals surface area contributed by atoms with Crippen LogP contribution in [-0.2, 0) is 14.3 Å². The van der Waals surface area contributed by atoms with Crippen molar-refractivity contribution in [2.75, 3.05) is 12.8 Å². The Bertz CT molecular complexity index is 1440. The first-order chi connectivity index (χ1) is 25.6. The molecule has 0 saturated carbocycles.